The van der Waals surface area contributed by atoms with E-state index in [1.165, 1.54) is 12.0 Å². The number of rotatable bonds is 4. The number of guanidine groups is 1. The Balaban J connectivity index is 1.26. The minimum absolute atomic E-state index is 0.00978. The molecule has 59 heavy (non-hydrogen) atoms. The first-order valence-electron chi connectivity index (χ1n) is 22.7. The Labute approximate surface area is 349 Å². The lowest BCUT2D eigenvalue weighted by Gasteiger charge is -2.61. The zero-order valence-corrected chi connectivity index (χ0v) is 35.5. The molecule has 18 atom stereocenters. The van der Waals surface area contributed by atoms with Crippen molar-refractivity contribution >= 4 is 17.7 Å². The third-order valence-electron chi connectivity index (χ3n) is 18.0. The van der Waals surface area contributed by atoms with E-state index in [1.807, 2.05) is 6.92 Å². The van der Waals surface area contributed by atoms with Crippen molar-refractivity contribution < 1.29 is 45.0 Å². The minimum Gasteiger partial charge on any atom is -0.504 e. The van der Waals surface area contributed by atoms with E-state index in [1.54, 1.807) is 6.92 Å². The van der Waals surface area contributed by atoms with Gasteiger partial charge in [-0.1, -0.05) is 38.3 Å². The Kier molecular flexibility index (Phi) is 11.2. The van der Waals surface area contributed by atoms with Crippen LogP contribution in [-0.4, -0.2) is 91.0 Å². The van der Waals surface area contributed by atoms with Crippen molar-refractivity contribution in [1.29, 1.82) is 0 Å². The number of fused-ring (bicyclic) bond motifs is 10. The molecule has 12 heteroatoms. The van der Waals surface area contributed by atoms with Gasteiger partial charge in [0.05, 0.1) is 42.5 Å². The molecule has 1 heterocycles. The highest BCUT2D eigenvalue weighted by Gasteiger charge is 2.74. The van der Waals surface area contributed by atoms with Gasteiger partial charge < -0.3 is 46.8 Å². The molecule has 0 aromatic carbocycles. The van der Waals surface area contributed by atoms with Crippen molar-refractivity contribution in [3.8, 4) is 11.8 Å². The summed E-state index contributed by atoms with van der Waals surface area (Å²) in [5.74, 6) is 4.75. The molecule has 5 fully saturated rings. The topological polar surface area (TPSA) is 229 Å². The molecule has 8 aliphatic rings. The van der Waals surface area contributed by atoms with Crippen LogP contribution in [0.25, 0.3) is 0 Å². The van der Waals surface area contributed by atoms with Gasteiger partial charge in [-0.25, -0.2) is 0 Å². The molecular weight excluding hydrogens is 751 g/mol. The largest absolute Gasteiger partial charge is 0.504 e. The van der Waals surface area contributed by atoms with E-state index >= 15 is 0 Å². The van der Waals surface area contributed by atoms with Crippen LogP contribution < -0.4 is 11.5 Å². The molecule has 10 N–H and O–H groups in total. The Morgan fingerprint density at radius 3 is 2.44 bits per heavy atom. The monoisotopic (exact) mass is 820 g/mol. The van der Waals surface area contributed by atoms with Gasteiger partial charge in [-0.15, -0.1) is 5.92 Å². The number of hydrogen-bond donors (Lipinski definition) is 8. The van der Waals surface area contributed by atoms with Crippen LogP contribution in [0.4, 0.5) is 0 Å². The number of hydrogen-bond acceptors (Lipinski definition) is 10. The molecule has 12 nitrogen and oxygen atoms in total. The van der Waals surface area contributed by atoms with Crippen LogP contribution in [0.5, 0.6) is 0 Å². The number of allylic oxidation sites excluding steroid dienone is 3. The molecule has 0 spiro atoms. The highest BCUT2D eigenvalue weighted by molar-refractivity contribution is 5.98. The lowest BCUT2D eigenvalue weighted by Crippen LogP contribution is -2.65. The molecule has 1 aliphatic heterocycles. The Morgan fingerprint density at radius 1 is 0.966 bits per heavy atom. The highest BCUT2D eigenvalue weighted by Crippen LogP contribution is 2.72. The molecule has 0 amide bonds. The Morgan fingerprint density at radius 2 is 1.73 bits per heavy atom. The van der Waals surface area contributed by atoms with Crippen LogP contribution >= 0.6 is 0 Å². The number of cyclic esters (lactones) is 1. The molecule has 1 saturated heterocycles. The number of carbonyl (C=O) groups excluding carboxylic acids is 2. The summed E-state index contributed by atoms with van der Waals surface area (Å²) in [5, 5.41) is 73.0. The van der Waals surface area contributed by atoms with E-state index in [-0.39, 0.29) is 79.8 Å². The number of nitrogens with two attached hydrogens (primary N) is 2. The minimum atomic E-state index is -1.83. The van der Waals surface area contributed by atoms with Gasteiger partial charge in [0.2, 0.25) is 5.78 Å². The summed E-state index contributed by atoms with van der Waals surface area (Å²) in [6.45, 7) is 8.58. The van der Waals surface area contributed by atoms with Crippen LogP contribution in [-0.2, 0) is 14.3 Å². The summed E-state index contributed by atoms with van der Waals surface area (Å²) in [6, 6.07) is 0. The lowest BCUT2D eigenvalue weighted by molar-refractivity contribution is -0.191. The fourth-order valence-corrected chi connectivity index (χ4v) is 15.1. The molecule has 0 aromatic rings. The summed E-state index contributed by atoms with van der Waals surface area (Å²) in [6.07, 6.45) is 6.28. The highest BCUT2D eigenvalue weighted by atomic mass is 16.5. The Bertz CT molecular complexity index is 1850. The number of ketones is 1. The summed E-state index contributed by atoms with van der Waals surface area (Å²) in [4.78, 5) is 31.2. The number of Topliss-reactive ketones (excluding diaryl/α,β-unsaturated/α-hetero) is 1. The number of esters is 1. The van der Waals surface area contributed by atoms with Crippen molar-refractivity contribution in [2.24, 2.45) is 92.4 Å². The van der Waals surface area contributed by atoms with Gasteiger partial charge in [-0.2, -0.15) is 0 Å². The van der Waals surface area contributed by atoms with Crippen molar-refractivity contribution in [2.75, 3.05) is 13.2 Å². The summed E-state index contributed by atoms with van der Waals surface area (Å²) < 4.78 is 5.54. The van der Waals surface area contributed by atoms with Crippen molar-refractivity contribution in [2.45, 2.75) is 147 Å². The summed E-state index contributed by atoms with van der Waals surface area (Å²) in [5.41, 5.74) is 7.84. The number of aliphatic imine (C=N–C) groups is 1. The number of aliphatic hydroxyl groups is 6. The molecule has 18 unspecified atom stereocenters. The second kappa shape index (κ2) is 15.4. The molecule has 0 bridgehead atoms. The van der Waals surface area contributed by atoms with Gasteiger partial charge in [0.15, 0.2) is 11.7 Å². The second-order valence-electron chi connectivity index (χ2n) is 21.2. The predicted octanol–water partition coefficient (Wildman–Crippen LogP) is 4.06. The maximum Gasteiger partial charge on any atom is 0.306 e. The summed E-state index contributed by atoms with van der Waals surface area (Å²) >= 11 is 0. The first-order valence-corrected chi connectivity index (χ1v) is 22.7. The normalized spacial score (nSPS) is 49.7. The predicted molar refractivity (Wildman–Crippen MR) is 221 cm³/mol. The lowest BCUT2D eigenvalue weighted by atomic mass is 9.44. The maximum absolute atomic E-state index is 14.2. The van der Waals surface area contributed by atoms with Gasteiger partial charge in [0.1, 0.15) is 0 Å². The van der Waals surface area contributed by atoms with Gasteiger partial charge in [-0.05, 0) is 131 Å². The third-order valence-corrected chi connectivity index (χ3v) is 18.0. The third kappa shape index (κ3) is 6.88. The van der Waals surface area contributed by atoms with Gasteiger partial charge >= 0.3 is 5.97 Å². The zero-order valence-electron chi connectivity index (χ0n) is 35.5. The van der Waals surface area contributed by atoms with Crippen LogP contribution in [0.2, 0.25) is 0 Å². The first-order chi connectivity index (χ1) is 27.8. The molecule has 7 aliphatic carbocycles. The smallest absolute Gasteiger partial charge is 0.306 e. The second-order valence-corrected chi connectivity index (χ2v) is 21.2. The summed E-state index contributed by atoms with van der Waals surface area (Å²) in [7, 11) is 0. The Hall–Kier alpha value is -2.95. The maximum atomic E-state index is 14.2. The zero-order chi connectivity index (χ0) is 42.4. The average molecular weight is 820 g/mol. The van der Waals surface area contributed by atoms with E-state index in [9.17, 15) is 40.2 Å². The van der Waals surface area contributed by atoms with Crippen molar-refractivity contribution in [3.63, 3.8) is 0 Å². The molecule has 0 aromatic heterocycles. The van der Waals surface area contributed by atoms with E-state index in [0.29, 0.717) is 50.0 Å². The molecule has 0 radical (unpaired) electrons. The number of carbonyl (C=O) groups is 2. The van der Waals surface area contributed by atoms with Crippen LogP contribution in [0.1, 0.15) is 118 Å². The SMILES string of the molecule is CC1CCC2=CCC3C(C)CC(O)C(C)(O)C4C(CC#CC(C5COC(=O)C5)CC3C2C1)CC1(O)C2=C(O)C(=O)C3CC(O)C(O)CC3(C)C2CCC41CCN=C(N)N. The van der Waals surface area contributed by atoms with Gasteiger partial charge in [0, 0.05) is 47.6 Å². The average Bonchev–Trinajstić information content (AvgIpc) is 3.72. The number of ether oxygens (including phenoxy) is 1. The van der Waals surface area contributed by atoms with Crippen LogP contribution in [0.3, 0.4) is 0 Å². The van der Waals surface area contributed by atoms with E-state index in [2.05, 4.69) is 36.8 Å². The number of nitrogens with zero attached hydrogens (tertiary/aromatic N) is 1. The fourth-order valence-electron chi connectivity index (χ4n) is 15.1. The molecule has 326 valence electrons. The van der Waals surface area contributed by atoms with Gasteiger partial charge in [0.25, 0.3) is 0 Å². The standard InChI is InChI=1S/C47H69N3O9/c1-24-8-9-26-10-11-30-25(2)17-37(53)45(4,57)42-28(7-5-6-27(18-32(30)31(26)16-24)29-19-38(54)59-23-29)21-47(58)39-33(12-13-46(42,47)14-15-50-43(48)49)44(3)22-36(52)35(51)20-34(44)40(55)41(39)56/h10,24-25,27-37,42,51-53,56-58H,7-9,11-23H2,1-4H3,(H4,48,49,50). The quantitative estimate of drug-likeness (QED) is 0.0663. The van der Waals surface area contributed by atoms with Crippen LogP contribution in [0, 0.1) is 87.8 Å². The van der Waals surface area contributed by atoms with Crippen molar-refractivity contribution in [1.82, 2.24) is 0 Å². The van der Waals surface area contributed by atoms with Gasteiger partial charge in [-0.3, -0.25) is 14.6 Å². The molecule has 4 saturated carbocycles. The van der Waals surface area contributed by atoms with E-state index in [0.717, 1.165) is 25.7 Å². The van der Waals surface area contributed by atoms with E-state index in [4.69, 9.17) is 16.2 Å². The fraction of sp³-hybridized carbons (Fsp3) is 0.809. The molecular formula is C47H69N3O9. The van der Waals surface area contributed by atoms with Crippen molar-refractivity contribution in [3.05, 3.63) is 23.0 Å². The first kappa shape index (κ1) is 42.7. The number of aliphatic hydroxyl groups excluding tert-OH is 4. The molecule has 8 rings (SSSR count). The van der Waals surface area contributed by atoms with E-state index < -0.39 is 75.6 Å². The van der Waals surface area contributed by atoms with Crippen LogP contribution in [0.15, 0.2) is 28.0 Å².